The van der Waals surface area contributed by atoms with E-state index < -0.39 is 0 Å². The van der Waals surface area contributed by atoms with Gasteiger partial charge in [0, 0.05) is 55.9 Å². The molecule has 0 aromatic carbocycles. The van der Waals surface area contributed by atoms with Crippen LogP contribution in [-0.2, 0) is 12.8 Å². The fourth-order valence-corrected chi connectivity index (χ4v) is 3.40. The zero-order valence-corrected chi connectivity index (χ0v) is 14.2. The Morgan fingerprint density at radius 3 is 2.36 bits per heavy atom. The van der Waals surface area contributed by atoms with Crippen LogP contribution in [0.5, 0.6) is 0 Å². The molecule has 0 atom stereocenters. The molecule has 22 heavy (non-hydrogen) atoms. The van der Waals surface area contributed by atoms with Gasteiger partial charge in [0.2, 0.25) is 5.13 Å². The summed E-state index contributed by atoms with van der Waals surface area (Å²) in [7, 11) is 0. The van der Waals surface area contributed by atoms with Crippen LogP contribution in [0.2, 0.25) is 0 Å². The van der Waals surface area contributed by atoms with E-state index in [1.807, 2.05) is 6.92 Å². The fourth-order valence-electron chi connectivity index (χ4n) is 2.60. The van der Waals surface area contributed by atoms with Gasteiger partial charge >= 0.3 is 0 Å². The van der Waals surface area contributed by atoms with Crippen molar-refractivity contribution in [3.63, 3.8) is 0 Å². The molecule has 1 aliphatic rings. The van der Waals surface area contributed by atoms with Crippen LogP contribution < -0.4 is 9.80 Å². The lowest BCUT2D eigenvalue weighted by Gasteiger charge is -2.35. The number of rotatable bonds is 4. The number of hydrogen-bond donors (Lipinski definition) is 0. The largest absolute Gasteiger partial charge is 0.353 e. The van der Waals surface area contributed by atoms with Gasteiger partial charge < -0.3 is 9.80 Å². The molecule has 0 bridgehead atoms. The smallest absolute Gasteiger partial charge is 0.205 e. The Balaban J connectivity index is 1.67. The van der Waals surface area contributed by atoms with Crippen LogP contribution in [0.1, 0.15) is 31.2 Å². The number of piperazine rings is 1. The second kappa shape index (κ2) is 6.56. The Bertz CT molecular complexity index is 633. The van der Waals surface area contributed by atoms with Gasteiger partial charge in [-0.2, -0.15) is 4.37 Å². The average molecular weight is 318 g/mol. The third-order valence-corrected chi connectivity index (χ3v) is 4.70. The van der Waals surface area contributed by atoms with E-state index in [0.29, 0.717) is 0 Å². The van der Waals surface area contributed by atoms with Crippen molar-refractivity contribution in [2.24, 2.45) is 0 Å². The number of hydrogen-bond acceptors (Lipinski definition) is 7. The molecule has 0 unspecified atom stereocenters. The molecular formula is C15H22N6S. The first-order chi connectivity index (χ1) is 10.7. The fraction of sp³-hybridized carbons (Fsp3) is 0.600. The monoisotopic (exact) mass is 318 g/mol. The minimum absolute atomic E-state index is 0.855. The molecule has 2 aromatic heterocycles. The van der Waals surface area contributed by atoms with Crippen LogP contribution in [0.15, 0.2) is 6.07 Å². The zero-order chi connectivity index (χ0) is 15.5. The molecule has 0 saturated carbocycles. The molecule has 0 radical (unpaired) electrons. The molecule has 3 heterocycles. The Kier molecular flexibility index (Phi) is 4.52. The van der Waals surface area contributed by atoms with Gasteiger partial charge in [0.1, 0.15) is 17.5 Å². The highest BCUT2D eigenvalue weighted by molar-refractivity contribution is 7.09. The molecule has 0 spiro atoms. The number of nitrogens with zero attached hydrogens (tertiary/aromatic N) is 6. The SMILES string of the molecule is CCc1cc(N2CCN(c3nc(CC)ns3)CC2)nc(C)n1. The van der Waals surface area contributed by atoms with Crippen molar-refractivity contribution in [2.75, 3.05) is 36.0 Å². The van der Waals surface area contributed by atoms with Gasteiger partial charge in [0.05, 0.1) is 0 Å². The molecule has 7 heteroatoms. The van der Waals surface area contributed by atoms with Crippen molar-refractivity contribution in [2.45, 2.75) is 33.6 Å². The Morgan fingerprint density at radius 1 is 1.00 bits per heavy atom. The summed E-state index contributed by atoms with van der Waals surface area (Å²) in [6.45, 7) is 10.0. The van der Waals surface area contributed by atoms with E-state index in [0.717, 1.165) is 67.3 Å². The second-order valence-corrected chi connectivity index (χ2v) is 6.17. The van der Waals surface area contributed by atoms with Crippen LogP contribution >= 0.6 is 11.5 Å². The maximum absolute atomic E-state index is 4.59. The van der Waals surface area contributed by atoms with E-state index in [9.17, 15) is 0 Å². The molecule has 1 aliphatic heterocycles. The molecule has 1 saturated heterocycles. The lowest BCUT2D eigenvalue weighted by atomic mass is 10.2. The number of aryl methyl sites for hydroxylation is 3. The summed E-state index contributed by atoms with van der Waals surface area (Å²) in [6.07, 6.45) is 1.84. The summed E-state index contributed by atoms with van der Waals surface area (Å²) in [6, 6.07) is 2.11. The quantitative estimate of drug-likeness (QED) is 0.860. The number of anilines is 2. The molecular weight excluding hydrogens is 296 g/mol. The summed E-state index contributed by atoms with van der Waals surface area (Å²) in [5, 5.41) is 1.05. The molecule has 118 valence electrons. The third kappa shape index (κ3) is 3.19. The van der Waals surface area contributed by atoms with Crippen LogP contribution in [0.4, 0.5) is 10.9 Å². The van der Waals surface area contributed by atoms with E-state index in [2.05, 4.69) is 49.0 Å². The van der Waals surface area contributed by atoms with Gasteiger partial charge in [0.15, 0.2) is 0 Å². The van der Waals surface area contributed by atoms with E-state index in [1.54, 1.807) is 0 Å². The van der Waals surface area contributed by atoms with Crippen LogP contribution in [-0.4, -0.2) is 45.5 Å². The van der Waals surface area contributed by atoms with Gasteiger partial charge in [-0.05, 0) is 13.3 Å². The van der Waals surface area contributed by atoms with Crippen LogP contribution in [0.3, 0.4) is 0 Å². The maximum Gasteiger partial charge on any atom is 0.205 e. The highest BCUT2D eigenvalue weighted by Gasteiger charge is 2.21. The van der Waals surface area contributed by atoms with E-state index >= 15 is 0 Å². The van der Waals surface area contributed by atoms with Crippen molar-refractivity contribution >= 4 is 22.5 Å². The maximum atomic E-state index is 4.59. The minimum Gasteiger partial charge on any atom is -0.353 e. The predicted octanol–water partition coefficient (Wildman–Crippen LogP) is 2.09. The van der Waals surface area contributed by atoms with Crippen LogP contribution in [0.25, 0.3) is 0 Å². The molecule has 2 aromatic rings. The number of aromatic nitrogens is 4. The summed E-state index contributed by atoms with van der Waals surface area (Å²) in [5.74, 6) is 2.85. The van der Waals surface area contributed by atoms with Crippen molar-refractivity contribution in [1.29, 1.82) is 0 Å². The topological polar surface area (TPSA) is 58.0 Å². The standard InChI is InChI=1S/C15H22N6S/c1-4-12-10-14(17-11(3)16-12)20-6-8-21(9-7-20)15-18-13(5-2)19-22-15/h10H,4-9H2,1-3H3. The molecule has 0 N–H and O–H groups in total. The van der Waals surface area contributed by atoms with Gasteiger partial charge in [-0.3, -0.25) is 0 Å². The van der Waals surface area contributed by atoms with E-state index in [1.165, 1.54) is 11.5 Å². The molecule has 6 nitrogen and oxygen atoms in total. The van der Waals surface area contributed by atoms with Crippen molar-refractivity contribution in [1.82, 2.24) is 19.3 Å². The van der Waals surface area contributed by atoms with Gasteiger partial charge in [-0.15, -0.1) is 0 Å². The van der Waals surface area contributed by atoms with E-state index in [-0.39, 0.29) is 0 Å². The zero-order valence-electron chi connectivity index (χ0n) is 13.4. The first-order valence-electron chi connectivity index (χ1n) is 7.86. The van der Waals surface area contributed by atoms with Gasteiger partial charge in [-0.1, -0.05) is 13.8 Å². The van der Waals surface area contributed by atoms with Crippen molar-refractivity contribution in [3.05, 3.63) is 23.4 Å². The van der Waals surface area contributed by atoms with Crippen molar-refractivity contribution < 1.29 is 0 Å². The summed E-state index contributed by atoms with van der Waals surface area (Å²) in [4.78, 5) is 18.3. The third-order valence-electron chi connectivity index (χ3n) is 3.89. The normalized spacial score (nSPS) is 15.4. The molecule has 3 rings (SSSR count). The molecule has 1 fully saturated rings. The molecule has 0 aliphatic carbocycles. The first-order valence-corrected chi connectivity index (χ1v) is 8.64. The van der Waals surface area contributed by atoms with Crippen LogP contribution in [0, 0.1) is 6.92 Å². The minimum atomic E-state index is 0.855. The average Bonchev–Trinajstić information content (AvgIpc) is 3.03. The highest BCUT2D eigenvalue weighted by atomic mass is 32.1. The summed E-state index contributed by atoms with van der Waals surface area (Å²) < 4.78 is 4.38. The van der Waals surface area contributed by atoms with E-state index in [4.69, 9.17) is 0 Å². The second-order valence-electron chi connectivity index (χ2n) is 5.44. The Hall–Kier alpha value is -1.76. The lowest BCUT2D eigenvalue weighted by Crippen LogP contribution is -2.47. The Labute approximate surface area is 135 Å². The van der Waals surface area contributed by atoms with Crippen molar-refractivity contribution in [3.8, 4) is 0 Å². The summed E-state index contributed by atoms with van der Waals surface area (Å²) in [5.41, 5.74) is 1.11. The highest BCUT2D eigenvalue weighted by Crippen LogP contribution is 2.21. The molecule has 0 amide bonds. The summed E-state index contributed by atoms with van der Waals surface area (Å²) >= 11 is 1.51. The lowest BCUT2D eigenvalue weighted by molar-refractivity contribution is 0.642. The first kappa shape index (κ1) is 15.1. The Morgan fingerprint density at radius 2 is 1.73 bits per heavy atom. The van der Waals surface area contributed by atoms with Gasteiger partial charge in [0.25, 0.3) is 0 Å². The van der Waals surface area contributed by atoms with Gasteiger partial charge in [-0.25, -0.2) is 15.0 Å². The predicted molar refractivity (Wildman–Crippen MR) is 89.9 cm³/mol.